The molecule has 1 amide bonds. The molecular weight excluding hydrogens is 266 g/mol. The molecule has 0 saturated carbocycles. The first-order valence-corrected chi connectivity index (χ1v) is 7.13. The van der Waals surface area contributed by atoms with Gasteiger partial charge in [0.15, 0.2) is 0 Å². The van der Waals surface area contributed by atoms with Crippen molar-refractivity contribution in [2.24, 2.45) is 0 Å². The summed E-state index contributed by atoms with van der Waals surface area (Å²) in [5.74, 6) is 1.37. The summed E-state index contributed by atoms with van der Waals surface area (Å²) in [6.45, 7) is 6.27. The first-order chi connectivity index (χ1) is 10.1. The van der Waals surface area contributed by atoms with E-state index in [-0.39, 0.29) is 11.9 Å². The average molecular weight is 287 g/mol. The number of hydrogen-bond acceptors (Lipinski definition) is 4. The van der Waals surface area contributed by atoms with Crippen LogP contribution in [0.2, 0.25) is 0 Å². The minimum atomic E-state index is -0.330. The summed E-state index contributed by atoms with van der Waals surface area (Å²) in [6.07, 6.45) is 2.53. The summed E-state index contributed by atoms with van der Waals surface area (Å²) >= 11 is 0. The van der Waals surface area contributed by atoms with Crippen molar-refractivity contribution < 1.29 is 9.21 Å². The van der Waals surface area contributed by atoms with Crippen LogP contribution in [0.3, 0.4) is 0 Å². The average Bonchev–Trinajstić information content (AvgIpc) is 2.95. The number of benzene rings is 1. The number of aryl methyl sites for hydroxylation is 2. The van der Waals surface area contributed by atoms with Crippen molar-refractivity contribution in [2.75, 3.05) is 5.32 Å². The molecule has 2 rings (SSSR count). The van der Waals surface area contributed by atoms with Crippen molar-refractivity contribution >= 4 is 11.6 Å². The minimum absolute atomic E-state index is 0.0823. The topological polar surface area (TPSA) is 67.2 Å². The predicted molar refractivity (Wildman–Crippen MR) is 82.0 cm³/mol. The van der Waals surface area contributed by atoms with Crippen LogP contribution in [0.25, 0.3) is 0 Å². The Kier molecular flexibility index (Phi) is 5.11. The molecule has 0 radical (unpaired) electrons. The van der Waals surface area contributed by atoms with Crippen LogP contribution in [0.5, 0.6) is 0 Å². The lowest BCUT2D eigenvalue weighted by molar-refractivity contribution is -0.117. The third-order valence-corrected chi connectivity index (χ3v) is 3.22. The van der Waals surface area contributed by atoms with Crippen molar-refractivity contribution in [1.29, 1.82) is 0 Å². The molecule has 0 aliphatic heterocycles. The number of nitrogens with zero attached hydrogens (tertiary/aromatic N) is 1. The van der Waals surface area contributed by atoms with Crippen LogP contribution in [-0.2, 0) is 17.8 Å². The number of anilines is 1. The normalized spacial score (nSPS) is 12.1. The van der Waals surface area contributed by atoms with E-state index in [0.717, 1.165) is 23.4 Å². The van der Waals surface area contributed by atoms with Gasteiger partial charge in [0.2, 0.25) is 11.8 Å². The molecule has 1 atom stereocenters. The van der Waals surface area contributed by atoms with E-state index in [9.17, 15) is 4.79 Å². The maximum absolute atomic E-state index is 12.1. The lowest BCUT2D eigenvalue weighted by atomic mass is 10.2. The quantitative estimate of drug-likeness (QED) is 0.857. The maximum atomic E-state index is 12.1. The molecule has 0 aliphatic carbocycles. The molecule has 5 nitrogen and oxygen atoms in total. The van der Waals surface area contributed by atoms with Crippen molar-refractivity contribution in [3.05, 3.63) is 47.7 Å². The van der Waals surface area contributed by atoms with E-state index in [4.69, 9.17) is 4.42 Å². The predicted octanol–water partition coefficient (Wildman–Crippen LogP) is 2.66. The molecule has 0 fully saturated rings. The SMILES string of the molecule is CCc1cnc(CNC(C)C(=O)Nc2ccc(C)cc2)o1. The van der Waals surface area contributed by atoms with Crippen LogP contribution in [0.1, 0.15) is 31.1 Å². The van der Waals surface area contributed by atoms with Gasteiger partial charge < -0.3 is 9.73 Å². The summed E-state index contributed by atoms with van der Waals surface area (Å²) < 4.78 is 5.49. The van der Waals surface area contributed by atoms with Crippen LogP contribution in [-0.4, -0.2) is 16.9 Å². The molecule has 0 spiro atoms. The lowest BCUT2D eigenvalue weighted by Gasteiger charge is -2.13. The van der Waals surface area contributed by atoms with Crippen molar-refractivity contribution in [3.63, 3.8) is 0 Å². The Hall–Kier alpha value is -2.14. The second-order valence-corrected chi connectivity index (χ2v) is 5.03. The highest BCUT2D eigenvalue weighted by molar-refractivity contribution is 5.94. The summed E-state index contributed by atoms with van der Waals surface area (Å²) in [5, 5.41) is 5.97. The van der Waals surface area contributed by atoms with Gasteiger partial charge in [-0.05, 0) is 26.0 Å². The number of hydrogen-bond donors (Lipinski definition) is 2. The zero-order chi connectivity index (χ0) is 15.2. The molecule has 0 bridgehead atoms. The Bertz CT molecular complexity index is 590. The fraction of sp³-hybridized carbons (Fsp3) is 0.375. The second kappa shape index (κ2) is 7.04. The van der Waals surface area contributed by atoms with Crippen LogP contribution in [0, 0.1) is 6.92 Å². The summed E-state index contributed by atoms with van der Waals surface area (Å²) in [5.41, 5.74) is 1.96. The van der Waals surface area contributed by atoms with Crippen LogP contribution in [0.4, 0.5) is 5.69 Å². The molecular formula is C16H21N3O2. The number of carbonyl (C=O) groups excluding carboxylic acids is 1. The van der Waals surface area contributed by atoms with Crippen LogP contribution in [0.15, 0.2) is 34.9 Å². The molecule has 2 N–H and O–H groups in total. The van der Waals surface area contributed by atoms with E-state index in [2.05, 4.69) is 15.6 Å². The Morgan fingerprint density at radius 2 is 2.05 bits per heavy atom. The minimum Gasteiger partial charge on any atom is -0.444 e. The Labute approximate surface area is 124 Å². The highest BCUT2D eigenvalue weighted by Crippen LogP contribution is 2.09. The number of carbonyl (C=O) groups is 1. The molecule has 112 valence electrons. The number of rotatable bonds is 6. The van der Waals surface area contributed by atoms with E-state index in [1.807, 2.05) is 45.0 Å². The molecule has 21 heavy (non-hydrogen) atoms. The first kappa shape index (κ1) is 15.3. The molecule has 5 heteroatoms. The van der Waals surface area contributed by atoms with Crippen molar-refractivity contribution in [3.8, 4) is 0 Å². The van der Waals surface area contributed by atoms with Crippen molar-refractivity contribution in [1.82, 2.24) is 10.3 Å². The molecule has 0 aliphatic rings. The van der Waals surface area contributed by atoms with Gasteiger partial charge in [0.25, 0.3) is 0 Å². The third-order valence-electron chi connectivity index (χ3n) is 3.22. The van der Waals surface area contributed by atoms with Gasteiger partial charge in [-0.1, -0.05) is 24.6 Å². The van der Waals surface area contributed by atoms with E-state index in [0.29, 0.717) is 12.4 Å². The van der Waals surface area contributed by atoms with Gasteiger partial charge in [-0.3, -0.25) is 10.1 Å². The number of aromatic nitrogens is 1. The van der Waals surface area contributed by atoms with Gasteiger partial charge in [-0.2, -0.15) is 0 Å². The van der Waals surface area contributed by atoms with E-state index < -0.39 is 0 Å². The Morgan fingerprint density at radius 3 is 2.67 bits per heavy atom. The highest BCUT2D eigenvalue weighted by Gasteiger charge is 2.13. The smallest absolute Gasteiger partial charge is 0.241 e. The fourth-order valence-corrected chi connectivity index (χ4v) is 1.81. The Balaban J connectivity index is 1.83. The van der Waals surface area contributed by atoms with Gasteiger partial charge in [0, 0.05) is 12.1 Å². The standard InChI is InChI=1S/C16H21N3O2/c1-4-14-9-18-15(21-14)10-17-12(3)16(20)19-13-7-5-11(2)6-8-13/h5-9,12,17H,4,10H2,1-3H3,(H,19,20). The van der Waals surface area contributed by atoms with Crippen molar-refractivity contribution in [2.45, 2.75) is 39.8 Å². The number of oxazole rings is 1. The molecule has 1 aromatic heterocycles. The van der Waals surface area contributed by atoms with Gasteiger partial charge in [0.1, 0.15) is 5.76 Å². The van der Waals surface area contributed by atoms with Crippen LogP contribution >= 0.6 is 0 Å². The van der Waals surface area contributed by atoms with E-state index in [1.165, 1.54) is 0 Å². The number of nitrogens with one attached hydrogen (secondary N) is 2. The summed E-state index contributed by atoms with van der Waals surface area (Å²) in [4.78, 5) is 16.2. The Morgan fingerprint density at radius 1 is 1.33 bits per heavy atom. The molecule has 0 saturated heterocycles. The molecule has 1 unspecified atom stereocenters. The lowest BCUT2D eigenvalue weighted by Crippen LogP contribution is -2.37. The van der Waals surface area contributed by atoms with Crippen LogP contribution < -0.4 is 10.6 Å². The van der Waals surface area contributed by atoms with Gasteiger partial charge >= 0.3 is 0 Å². The first-order valence-electron chi connectivity index (χ1n) is 7.13. The monoisotopic (exact) mass is 287 g/mol. The second-order valence-electron chi connectivity index (χ2n) is 5.03. The number of amides is 1. The fourth-order valence-electron chi connectivity index (χ4n) is 1.81. The third kappa shape index (κ3) is 4.43. The van der Waals surface area contributed by atoms with Gasteiger partial charge in [0.05, 0.1) is 18.8 Å². The maximum Gasteiger partial charge on any atom is 0.241 e. The zero-order valence-electron chi connectivity index (χ0n) is 12.6. The highest BCUT2D eigenvalue weighted by atomic mass is 16.4. The molecule has 1 heterocycles. The zero-order valence-corrected chi connectivity index (χ0v) is 12.6. The van der Waals surface area contributed by atoms with E-state index in [1.54, 1.807) is 6.20 Å². The van der Waals surface area contributed by atoms with E-state index >= 15 is 0 Å². The molecule has 1 aromatic carbocycles. The largest absolute Gasteiger partial charge is 0.444 e. The summed E-state index contributed by atoms with van der Waals surface area (Å²) in [6, 6.07) is 7.38. The van der Waals surface area contributed by atoms with Gasteiger partial charge in [-0.25, -0.2) is 4.98 Å². The molecule has 2 aromatic rings. The summed E-state index contributed by atoms with van der Waals surface area (Å²) in [7, 11) is 0. The van der Waals surface area contributed by atoms with Gasteiger partial charge in [-0.15, -0.1) is 0 Å².